The highest BCUT2D eigenvalue weighted by Crippen LogP contribution is 2.29. The Morgan fingerprint density at radius 2 is 2.00 bits per heavy atom. The third kappa shape index (κ3) is 4.57. The second-order valence-electron chi connectivity index (χ2n) is 5.28. The summed E-state index contributed by atoms with van der Waals surface area (Å²) < 4.78 is 11.3. The molecule has 0 unspecified atom stereocenters. The van der Waals surface area contributed by atoms with Crippen LogP contribution >= 0.6 is 11.3 Å². The maximum absolute atomic E-state index is 5.92. The molecule has 0 fully saturated rings. The van der Waals surface area contributed by atoms with Gasteiger partial charge in [-0.15, -0.1) is 11.3 Å². The van der Waals surface area contributed by atoms with Gasteiger partial charge in [-0.05, 0) is 41.3 Å². The smallest absolute Gasteiger partial charge is 0.162 e. The molecule has 24 heavy (non-hydrogen) atoms. The van der Waals surface area contributed by atoms with Crippen LogP contribution in [0.5, 0.6) is 11.5 Å². The van der Waals surface area contributed by atoms with Gasteiger partial charge in [0.25, 0.3) is 0 Å². The molecule has 4 nitrogen and oxygen atoms in total. The van der Waals surface area contributed by atoms with Crippen molar-refractivity contribution in [2.45, 2.75) is 19.7 Å². The van der Waals surface area contributed by atoms with Gasteiger partial charge in [0.1, 0.15) is 6.61 Å². The topological polar surface area (TPSA) is 43.4 Å². The molecule has 2 aromatic heterocycles. The predicted molar refractivity (Wildman–Crippen MR) is 96.4 cm³/mol. The fourth-order valence-corrected chi connectivity index (χ4v) is 2.94. The molecular weight excluding hydrogens is 320 g/mol. The van der Waals surface area contributed by atoms with Crippen LogP contribution in [0.4, 0.5) is 0 Å². The van der Waals surface area contributed by atoms with Gasteiger partial charge >= 0.3 is 0 Å². The van der Waals surface area contributed by atoms with Crippen LogP contribution in [0.25, 0.3) is 0 Å². The van der Waals surface area contributed by atoms with Crippen molar-refractivity contribution in [2.24, 2.45) is 0 Å². The summed E-state index contributed by atoms with van der Waals surface area (Å²) in [4.78, 5) is 5.50. The van der Waals surface area contributed by atoms with Gasteiger partial charge in [-0.3, -0.25) is 4.98 Å². The van der Waals surface area contributed by atoms with E-state index in [2.05, 4.69) is 16.4 Å². The largest absolute Gasteiger partial charge is 0.493 e. The zero-order valence-electron chi connectivity index (χ0n) is 13.6. The number of benzene rings is 1. The predicted octanol–water partition coefficient (Wildman–Crippen LogP) is 4.02. The van der Waals surface area contributed by atoms with E-state index in [0.29, 0.717) is 6.61 Å². The maximum atomic E-state index is 5.92. The standard InChI is InChI=1S/C19H20N2O2S/c1-22-18-8-7-15(12-20-13-16-5-2-3-9-21-16)11-19(18)23-14-17-6-4-10-24-17/h2-11,20H,12-14H2,1H3. The van der Waals surface area contributed by atoms with Crippen molar-refractivity contribution in [1.29, 1.82) is 0 Å². The summed E-state index contributed by atoms with van der Waals surface area (Å²) in [5.74, 6) is 1.52. The minimum absolute atomic E-state index is 0.554. The highest BCUT2D eigenvalue weighted by Gasteiger charge is 2.07. The van der Waals surface area contributed by atoms with Crippen molar-refractivity contribution in [3.63, 3.8) is 0 Å². The Hall–Kier alpha value is -2.37. The van der Waals surface area contributed by atoms with E-state index in [0.717, 1.165) is 35.8 Å². The van der Waals surface area contributed by atoms with Crippen LogP contribution in [-0.4, -0.2) is 12.1 Å². The summed E-state index contributed by atoms with van der Waals surface area (Å²) in [7, 11) is 1.66. The summed E-state index contributed by atoms with van der Waals surface area (Å²) in [5, 5.41) is 5.45. The Morgan fingerprint density at radius 3 is 2.75 bits per heavy atom. The van der Waals surface area contributed by atoms with Crippen molar-refractivity contribution in [2.75, 3.05) is 7.11 Å². The van der Waals surface area contributed by atoms with E-state index in [4.69, 9.17) is 9.47 Å². The highest BCUT2D eigenvalue weighted by molar-refractivity contribution is 7.09. The van der Waals surface area contributed by atoms with Gasteiger partial charge in [0.15, 0.2) is 11.5 Å². The molecule has 0 aliphatic carbocycles. The lowest BCUT2D eigenvalue weighted by Crippen LogP contribution is -2.13. The van der Waals surface area contributed by atoms with Gasteiger partial charge in [0, 0.05) is 24.2 Å². The third-order valence-electron chi connectivity index (χ3n) is 3.54. The molecule has 0 aliphatic rings. The normalized spacial score (nSPS) is 10.5. The summed E-state index contributed by atoms with van der Waals surface area (Å²) >= 11 is 1.69. The van der Waals surface area contributed by atoms with Crippen LogP contribution < -0.4 is 14.8 Å². The molecule has 0 amide bonds. The lowest BCUT2D eigenvalue weighted by Gasteiger charge is -2.12. The molecule has 1 aromatic carbocycles. The van der Waals surface area contributed by atoms with Gasteiger partial charge in [-0.2, -0.15) is 0 Å². The molecule has 124 valence electrons. The second-order valence-corrected chi connectivity index (χ2v) is 6.31. The van der Waals surface area contributed by atoms with Crippen LogP contribution in [0.15, 0.2) is 60.1 Å². The number of ether oxygens (including phenoxy) is 2. The second kappa shape index (κ2) is 8.47. The van der Waals surface area contributed by atoms with E-state index >= 15 is 0 Å². The highest BCUT2D eigenvalue weighted by atomic mass is 32.1. The van der Waals surface area contributed by atoms with Gasteiger partial charge in [0.2, 0.25) is 0 Å². The van der Waals surface area contributed by atoms with Crippen molar-refractivity contribution < 1.29 is 9.47 Å². The fraction of sp³-hybridized carbons (Fsp3) is 0.211. The summed E-state index contributed by atoms with van der Waals surface area (Å²) in [6.07, 6.45) is 1.81. The molecule has 2 heterocycles. The average Bonchev–Trinajstić information content (AvgIpc) is 3.14. The zero-order chi connectivity index (χ0) is 16.6. The number of rotatable bonds is 8. The lowest BCUT2D eigenvalue weighted by atomic mass is 10.2. The molecule has 3 rings (SSSR count). The van der Waals surface area contributed by atoms with Crippen LogP contribution in [-0.2, 0) is 19.7 Å². The number of thiophene rings is 1. The van der Waals surface area contributed by atoms with E-state index in [1.54, 1.807) is 24.6 Å². The molecule has 5 heteroatoms. The molecule has 0 saturated carbocycles. The first kappa shape index (κ1) is 16.5. The lowest BCUT2D eigenvalue weighted by molar-refractivity contribution is 0.287. The van der Waals surface area contributed by atoms with E-state index in [1.807, 2.05) is 47.8 Å². The number of aromatic nitrogens is 1. The number of hydrogen-bond donors (Lipinski definition) is 1. The maximum Gasteiger partial charge on any atom is 0.162 e. The first-order chi connectivity index (χ1) is 11.8. The number of methoxy groups -OCH3 is 1. The number of hydrogen-bond acceptors (Lipinski definition) is 5. The third-order valence-corrected chi connectivity index (χ3v) is 4.39. The molecule has 3 aromatic rings. The Kier molecular flexibility index (Phi) is 5.82. The van der Waals surface area contributed by atoms with Crippen LogP contribution in [0, 0.1) is 0 Å². The van der Waals surface area contributed by atoms with E-state index in [1.165, 1.54) is 4.88 Å². The van der Waals surface area contributed by atoms with Gasteiger partial charge in [0.05, 0.1) is 12.8 Å². The summed E-state index contributed by atoms with van der Waals surface area (Å²) in [5.41, 5.74) is 2.17. The number of nitrogens with one attached hydrogen (secondary N) is 1. The number of pyridine rings is 1. The molecular formula is C19H20N2O2S. The SMILES string of the molecule is COc1ccc(CNCc2ccccn2)cc1OCc1cccs1. The Morgan fingerprint density at radius 1 is 1.04 bits per heavy atom. The van der Waals surface area contributed by atoms with Crippen LogP contribution in [0.2, 0.25) is 0 Å². The van der Waals surface area contributed by atoms with E-state index in [-0.39, 0.29) is 0 Å². The Bertz CT molecular complexity index is 745. The molecule has 0 saturated heterocycles. The summed E-state index contributed by atoms with van der Waals surface area (Å²) in [6, 6.07) is 16.0. The molecule has 0 radical (unpaired) electrons. The molecule has 0 spiro atoms. The number of nitrogens with zero attached hydrogens (tertiary/aromatic N) is 1. The van der Waals surface area contributed by atoms with Crippen LogP contribution in [0.1, 0.15) is 16.1 Å². The zero-order valence-corrected chi connectivity index (χ0v) is 14.4. The van der Waals surface area contributed by atoms with Gasteiger partial charge in [-0.1, -0.05) is 18.2 Å². The van der Waals surface area contributed by atoms with Crippen LogP contribution in [0.3, 0.4) is 0 Å². The Labute approximate surface area is 146 Å². The average molecular weight is 340 g/mol. The monoisotopic (exact) mass is 340 g/mol. The van der Waals surface area contributed by atoms with Crippen molar-refractivity contribution in [3.8, 4) is 11.5 Å². The minimum Gasteiger partial charge on any atom is -0.493 e. The van der Waals surface area contributed by atoms with Gasteiger partial charge in [-0.25, -0.2) is 0 Å². The van der Waals surface area contributed by atoms with E-state index < -0.39 is 0 Å². The molecule has 1 N–H and O–H groups in total. The van der Waals surface area contributed by atoms with E-state index in [9.17, 15) is 0 Å². The fourth-order valence-electron chi connectivity index (χ4n) is 2.33. The Balaban J connectivity index is 1.60. The molecule has 0 atom stereocenters. The van der Waals surface area contributed by atoms with Crippen molar-refractivity contribution in [1.82, 2.24) is 10.3 Å². The van der Waals surface area contributed by atoms with Crippen molar-refractivity contribution in [3.05, 3.63) is 76.2 Å². The minimum atomic E-state index is 0.554. The molecule has 0 bridgehead atoms. The summed E-state index contributed by atoms with van der Waals surface area (Å²) in [6.45, 7) is 2.03. The molecule has 0 aliphatic heterocycles. The van der Waals surface area contributed by atoms with Gasteiger partial charge < -0.3 is 14.8 Å². The first-order valence-corrected chi connectivity index (χ1v) is 8.66. The first-order valence-electron chi connectivity index (χ1n) is 7.78. The quantitative estimate of drug-likeness (QED) is 0.672. The van der Waals surface area contributed by atoms with Crippen molar-refractivity contribution >= 4 is 11.3 Å².